The van der Waals surface area contributed by atoms with E-state index >= 15 is 0 Å². The number of hydrogen-bond acceptors (Lipinski definition) is 4. The normalized spacial score (nSPS) is 14.9. The number of benzene rings is 1. The third kappa shape index (κ3) is 4.28. The summed E-state index contributed by atoms with van der Waals surface area (Å²) in [5.41, 5.74) is 3.48. The Morgan fingerprint density at radius 1 is 1.32 bits per heavy atom. The predicted octanol–water partition coefficient (Wildman–Crippen LogP) is 1.98. The molecule has 1 aliphatic carbocycles. The molecule has 0 radical (unpaired) electrons. The van der Waals surface area contributed by atoms with Crippen molar-refractivity contribution in [3.63, 3.8) is 0 Å². The SMILES string of the molecule is COc1ccc(OCC(=O)NN=C(C)C2CC2)cc1. The number of nitrogens with zero attached hydrogens (tertiary/aromatic N) is 1. The summed E-state index contributed by atoms with van der Waals surface area (Å²) in [6.45, 7) is 1.88. The number of nitrogens with one attached hydrogen (secondary N) is 1. The molecule has 0 saturated heterocycles. The summed E-state index contributed by atoms with van der Waals surface area (Å²) >= 11 is 0. The number of carbonyl (C=O) groups is 1. The molecule has 2 rings (SSSR count). The van der Waals surface area contributed by atoms with E-state index in [1.54, 1.807) is 31.4 Å². The molecule has 1 aromatic rings. The lowest BCUT2D eigenvalue weighted by atomic mass is 10.3. The summed E-state index contributed by atoms with van der Waals surface area (Å²) in [5, 5.41) is 4.04. The lowest BCUT2D eigenvalue weighted by molar-refractivity contribution is -0.123. The molecule has 102 valence electrons. The Labute approximate surface area is 112 Å². The van der Waals surface area contributed by atoms with E-state index in [-0.39, 0.29) is 12.5 Å². The molecule has 0 aromatic heterocycles. The Morgan fingerprint density at radius 3 is 2.53 bits per heavy atom. The summed E-state index contributed by atoms with van der Waals surface area (Å²) in [7, 11) is 1.60. The topological polar surface area (TPSA) is 59.9 Å². The van der Waals surface area contributed by atoms with E-state index in [1.807, 2.05) is 6.92 Å². The lowest BCUT2D eigenvalue weighted by Crippen LogP contribution is -2.25. The van der Waals surface area contributed by atoms with Gasteiger partial charge < -0.3 is 9.47 Å². The maximum Gasteiger partial charge on any atom is 0.277 e. The molecule has 0 aliphatic heterocycles. The highest BCUT2D eigenvalue weighted by Gasteiger charge is 2.24. The number of hydrazone groups is 1. The first kappa shape index (κ1) is 13.4. The highest BCUT2D eigenvalue weighted by molar-refractivity contribution is 5.88. The number of ether oxygens (including phenoxy) is 2. The maximum atomic E-state index is 11.5. The molecule has 1 amide bonds. The second-order valence-corrected chi connectivity index (χ2v) is 4.53. The van der Waals surface area contributed by atoms with Crippen LogP contribution in [0.3, 0.4) is 0 Å². The van der Waals surface area contributed by atoms with E-state index in [1.165, 1.54) is 12.8 Å². The number of methoxy groups -OCH3 is 1. The van der Waals surface area contributed by atoms with Crippen LogP contribution in [-0.2, 0) is 4.79 Å². The summed E-state index contributed by atoms with van der Waals surface area (Å²) in [6, 6.07) is 7.07. The van der Waals surface area contributed by atoms with Crippen LogP contribution < -0.4 is 14.9 Å². The molecule has 0 heterocycles. The monoisotopic (exact) mass is 262 g/mol. The van der Waals surface area contributed by atoms with Crippen molar-refractivity contribution in [2.24, 2.45) is 11.0 Å². The highest BCUT2D eigenvalue weighted by Crippen LogP contribution is 2.30. The van der Waals surface area contributed by atoms with Gasteiger partial charge in [0.2, 0.25) is 0 Å². The third-order valence-electron chi connectivity index (χ3n) is 2.95. The van der Waals surface area contributed by atoms with Gasteiger partial charge in [-0.15, -0.1) is 0 Å². The number of hydrogen-bond donors (Lipinski definition) is 1. The molecular formula is C14H18N2O3. The predicted molar refractivity (Wildman–Crippen MR) is 72.5 cm³/mol. The van der Waals surface area contributed by atoms with Crippen LogP contribution >= 0.6 is 0 Å². The Bertz CT molecular complexity index is 464. The van der Waals surface area contributed by atoms with E-state index in [9.17, 15) is 4.79 Å². The van der Waals surface area contributed by atoms with Crippen LogP contribution in [0.1, 0.15) is 19.8 Å². The molecule has 1 saturated carbocycles. The Kier molecular flexibility index (Phi) is 4.39. The van der Waals surface area contributed by atoms with Crippen molar-refractivity contribution in [1.82, 2.24) is 5.43 Å². The molecule has 5 nitrogen and oxygen atoms in total. The first-order chi connectivity index (χ1) is 9.19. The number of amides is 1. The number of carbonyl (C=O) groups excluding carboxylic acids is 1. The second-order valence-electron chi connectivity index (χ2n) is 4.53. The zero-order valence-corrected chi connectivity index (χ0v) is 11.2. The Morgan fingerprint density at radius 2 is 1.95 bits per heavy atom. The average molecular weight is 262 g/mol. The first-order valence-corrected chi connectivity index (χ1v) is 6.29. The largest absolute Gasteiger partial charge is 0.497 e. The van der Waals surface area contributed by atoms with Gasteiger partial charge in [-0.1, -0.05) is 0 Å². The van der Waals surface area contributed by atoms with Gasteiger partial charge in [0.15, 0.2) is 6.61 Å². The van der Waals surface area contributed by atoms with Crippen molar-refractivity contribution < 1.29 is 14.3 Å². The van der Waals surface area contributed by atoms with E-state index < -0.39 is 0 Å². The van der Waals surface area contributed by atoms with Crippen molar-refractivity contribution >= 4 is 11.6 Å². The molecule has 19 heavy (non-hydrogen) atoms. The molecule has 1 N–H and O–H groups in total. The van der Waals surface area contributed by atoms with E-state index in [0.717, 1.165) is 11.5 Å². The van der Waals surface area contributed by atoms with Crippen LogP contribution in [0.5, 0.6) is 11.5 Å². The van der Waals surface area contributed by atoms with Crippen molar-refractivity contribution in [1.29, 1.82) is 0 Å². The van der Waals surface area contributed by atoms with Crippen molar-refractivity contribution in [3.05, 3.63) is 24.3 Å². The smallest absolute Gasteiger partial charge is 0.277 e. The molecule has 1 aromatic carbocycles. The Hall–Kier alpha value is -2.04. The molecule has 1 aliphatic rings. The minimum Gasteiger partial charge on any atom is -0.497 e. The summed E-state index contributed by atoms with van der Waals surface area (Å²) in [6.07, 6.45) is 2.35. The molecule has 5 heteroatoms. The molecule has 0 atom stereocenters. The van der Waals surface area contributed by atoms with Crippen molar-refractivity contribution in [2.75, 3.05) is 13.7 Å². The van der Waals surface area contributed by atoms with Gasteiger partial charge in [0.1, 0.15) is 11.5 Å². The maximum absolute atomic E-state index is 11.5. The zero-order valence-electron chi connectivity index (χ0n) is 11.2. The fourth-order valence-electron chi connectivity index (χ4n) is 1.60. The lowest BCUT2D eigenvalue weighted by Gasteiger charge is -2.06. The highest BCUT2D eigenvalue weighted by atomic mass is 16.5. The number of rotatable bonds is 6. The standard InChI is InChI=1S/C14H18N2O3/c1-10(11-3-4-11)15-16-14(17)9-19-13-7-5-12(18-2)6-8-13/h5-8,11H,3-4,9H2,1-2H3,(H,16,17). The molecule has 1 fully saturated rings. The summed E-state index contributed by atoms with van der Waals surface area (Å²) < 4.78 is 10.4. The van der Waals surface area contributed by atoms with Gasteiger partial charge in [0, 0.05) is 5.71 Å². The van der Waals surface area contributed by atoms with Gasteiger partial charge in [-0.05, 0) is 49.9 Å². The van der Waals surface area contributed by atoms with E-state index in [2.05, 4.69) is 10.5 Å². The van der Waals surface area contributed by atoms with Crippen LogP contribution in [0.2, 0.25) is 0 Å². The van der Waals surface area contributed by atoms with Crippen LogP contribution in [0.4, 0.5) is 0 Å². The molecular weight excluding hydrogens is 244 g/mol. The van der Waals surface area contributed by atoms with Crippen LogP contribution in [0.25, 0.3) is 0 Å². The summed E-state index contributed by atoms with van der Waals surface area (Å²) in [4.78, 5) is 11.5. The molecule has 0 unspecified atom stereocenters. The van der Waals surface area contributed by atoms with Crippen LogP contribution in [0.15, 0.2) is 29.4 Å². The quantitative estimate of drug-likeness (QED) is 0.630. The first-order valence-electron chi connectivity index (χ1n) is 6.29. The van der Waals surface area contributed by atoms with Gasteiger partial charge in [0.05, 0.1) is 7.11 Å². The average Bonchev–Trinajstić information content (AvgIpc) is 3.27. The fraction of sp³-hybridized carbons (Fsp3) is 0.429. The third-order valence-corrected chi connectivity index (χ3v) is 2.95. The molecule has 0 bridgehead atoms. The molecule has 0 spiro atoms. The fourth-order valence-corrected chi connectivity index (χ4v) is 1.60. The van der Waals surface area contributed by atoms with Crippen LogP contribution in [-0.4, -0.2) is 25.3 Å². The van der Waals surface area contributed by atoms with Gasteiger partial charge in [-0.3, -0.25) is 4.79 Å². The van der Waals surface area contributed by atoms with Crippen molar-refractivity contribution in [3.8, 4) is 11.5 Å². The van der Waals surface area contributed by atoms with Crippen molar-refractivity contribution in [2.45, 2.75) is 19.8 Å². The minimum atomic E-state index is -0.254. The summed E-state index contributed by atoms with van der Waals surface area (Å²) in [5.74, 6) is 1.68. The van der Waals surface area contributed by atoms with Gasteiger partial charge in [-0.25, -0.2) is 5.43 Å². The minimum absolute atomic E-state index is 0.0478. The van der Waals surface area contributed by atoms with Crippen LogP contribution in [0, 0.1) is 5.92 Å². The van der Waals surface area contributed by atoms with Gasteiger partial charge >= 0.3 is 0 Å². The zero-order chi connectivity index (χ0) is 13.7. The second kappa shape index (κ2) is 6.22. The Balaban J connectivity index is 1.74. The van der Waals surface area contributed by atoms with Gasteiger partial charge in [-0.2, -0.15) is 5.10 Å². The van der Waals surface area contributed by atoms with E-state index in [0.29, 0.717) is 11.7 Å². The van der Waals surface area contributed by atoms with Gasteiger partial charge in [0.25, 0.3) is 5.91 Å². The van der Waals surface area contributed by atoms with E-state index in [4.69, 9.17) is 9.47 Å².